The summed E-state index contributed by atoms with van der Waals surface area (Å²) in [7, 11) is 0. The molecule has 1 rings (SSSR count). The number of hydrogen-bond donors (Lipinski definition) is 1. The van der Waals surface area contributed by atoms with Crippen LogP contribution in [0.4, 0.5) is 0 Å². The monoisotopic (exact) mass is 212 g/mol. The standard InChI is InChI=1S/C9H12N2O4/c1-9(2,3)8-11-10-5(4-6(12)13)7(14)15-8/h4H2,1-3H3,(H,12,13). The van der Waals surface area contributed by atoms with Gasteiger partial charge in [-0.1, -0.05) is 20.8 Å². The molecular weight excluding hydrogens is 200 g/mol. The normalized spacial score (nSPS) is 11.4. The molecule has 0 bridgehead atoms. The van der Waals surface area contributed by atoms with Crippen molar-refractivity contribution < 1.29 is 14.3 Å². The molecule has 1 heterocycles. The molecule has 0 spiro atoms. The summed E-state index contributed by atoms with van der Waals surface area (Å²) in [5.74, 6) is -0.943. The molecule has 0 radical (unpaired) electrons. The molecule has 6 nitrogen and oxygen atoms in total. The minimum absolute atomic E-state index is 0.185. The van der Waals surface area contributed by atoms with Gasteiger partial charge in [0, 0.05) is 5.41 Å². The van der Waals surface area contributed by atoms with E-state index in [0.717, 1.165) is 0 Å². The Morgan fingerprint density at radius 2 is 2.00 bits per heavy atom. The first-order valence-corrected chi connectivity index (χ1v) is 4.39. The van der Waals surface area contributed by atoms with E-state index in [-0.39, 0.29) is 11.6 Å². The minimum atomic E-state index is -1.14. The molecule has 0 atom stereocenters. The van der Waals surface area contributed by atoms with Gasteiger partial charge in [0.2, 0.25) is 5.89 Å². The van der Waals surface area contributed by atoms with Crippen LogP contribution in [0.3, 0.4) is 0 Å². The second kappa shape index (κ2) is 3.80. The van der Waals surface area contributed by atoms with Crippen molar-refractivity contribution >= 4 is 5.97 Å². The predicted octanol–water partition coefficient (Wildman–Crippen LogP) is 0.354. The molecule has 82 valence electrons. The van der Waals surface area contributed by atoms with Crippen LogP contribution >= 0.6 is 0 Å². The Kier molecular flexibility index (Phi) is 2.88. The van der Waals surface area contributed by atoms with Gasteiger partial charge in [-0.3, -0.25) is 4.79 Å². The second-order valence-electron chi connectivity index (χ2n) is 4.16. The number of carboxylic acid groups (broad SMARTS) is 1. The van der Waals surface area contributed by atoms with Crippen molar-refractivity contribution in [3.63, 3.8) is 0 Å². The number of aromatic nitrogens is 2. The maximum Gasteiger partial charge on any atom is 0.361 e. The molecular formula is C9H12N2O4. The topological polar surface area (TPSA) is 93.3 Å². The maximum atomic E-state index is 11.3. The fraction of sp³-hybridized carbons (Fsp3) is 0.556. The van der Waals surface area contributed by atoms with Crippen LogP contribution in [0.2, 0.25) is 0 Å². The summed E-state index contributed by atoms with van der Waals surface area (Å²) in [6, 6.07) is 0. The fourth-order valence-corrected chi connectivity index (χ4v) is 0.868. The lowest BCUT2D eigenvalue weighted by Crippen LogP contribution is -2.22. The summed E-state index contributed by atoms with van der Waals surface area (Å²) < 4.78 is 4.88. The lowest BCUT2D eigenvalue weighted by Gasteiger charge is -2.13. The van der Waals surface area contributed by atoms with E-state index in [1.165, 1.54) is 0 Å². The van der Waals surface area contributed by atoms with Gasteiger partial charge in [-0.25, -0.2) is 4.79 Å². The molecule has 0 fully saturated rings. The SMILES string of the molecule is CC(C)(C)c1nnc(CC(=O)O)c(=O)o1. The van der Waals surface area contributed by atoms with Crippen LogP contribution in [-0.2, 0) is 16.6 Å². The van der Waals surface area contributed by atoms with Gasteiger partial charge >= 0.3 is 11.6 Å². The molecule has 1 N–H and O–H groups in total. The predicted molar refractivity (Wildman–Crippen MR) is 50.6 cm³/mol. The van der Waals surface area contributed by atoms with E-state index in [9.17, 15) is 9.59 Å². The number of hydrogen-bond acceptors (Lipinski definition) is 5. The summed E-state index contributed by atoms with van der Waals surface area (Å²) in [5.41, 5.74) is -1.35. The Balaban J connectivity index is 3.09. The average Bonchev–Trinajstić information content (AvgIpc) is 2.05. The first kappa shape index (κ1) is 11.4. The number of nitrogens with zero attached hydrogens (tertiary/aromatic N) is 2. The van der Waals surface area contributed by atoms with E-state index in [2.05, 4.69) is 10.2 Å². The van der Waals surface area contributed by atoms with Crippen molar-refractivity contribution in [1.29, 1.82) is 0 Å². The number of aliphatic carboxylic acids is 1. The van der Waals surface area contributed by atoms with Crippen LogP contribution in [0, 0.1) is 0 Å². The smallest absolute Gasteiger partial charge is 0.361 e. The highest BCUT2D eigenvalue weighted by Gasteiger charge is 2.21. The van der Waals surface area contributed by atoms with Crippen LogP contribution in [0.5, 0.6) is 0 Å². The molecule has 0 aromatic carbocycles. The van der Waals surface area contributed by atoms with Gasteiger partial charge in [-0.2, -0.15) is 0 Å². The summed E-state index contributed by atoms with van der Waals surface area (Å²) in [6.07, 6.45) is -0.472. The first-order valence-electron chi connectivity index (χ1n) is 4.39. The highest BCUT2D eigenvalue weighted by molar-refractivity contribution is 5.69. The zero-order valence-corrected chi connectivity index (χ0v) is 8.77. The largest absolute Gasteiger partial charge is 0.481 e. The Morgan fingerprint density at radius 3 is 2.40 bits per heavy atom. The lowest BCUT2D eigenvalue weighted by molar-refractivity contribution is -0.136. The van der Waals surface area contributed by atoms with E-state index in [0.29, 0.717) is 0 Å². The molecule has 1 aromatic rings. The molecule has 1 aromatic heterocycles. The Morgan fingerprint density at radius 1 is 1.40 bits per heavy atom. The summed E-state index contributed by atoms with van der Waals surface area (Å²) in [5, 5.41) is 15.7. The van der Waals surface area contributed by atoms with Gasteiger partial charge in [0.05, 0.1) is 6.42 Å². The zero-order chi connectivity index (χ0) is 11.6. The molecule has 0 aliphatic heterocycles. The first-order chi connectivity index (χ1) is 6.80. The molecule has 0 saturated heterocycles. The minimum Gasteiger partial charge on any atom is -0.481 e. The van der Waals surface area contributed by atoms with Crippen LogP contribution in [-0.4, -0.2) is 21.3 Å². The van der Waals surface area contributed by atoms with Gasteiger partial charge in [0.1, 0.15) is 0 Å². The Bertz CT molecular complexity index is 430. The third-order valence-electron chi connectivity index (χ3n) is 1.65. The molecule has 15 heavy (non-hydrogen) atoms. The van der Waals surface area contributed by atoms with Crippen molar-refractivity contribution in [3.05, 3.63) is 22.0 Å². The summed E-state index contributed by atoms with van der Waals surface area (Å²) in [6.45, 7) is 5.45. The van der Waals surface area contributed by atoms with Crippen molar-refractivity contribution in [3.8, 4) is 0 Å². The fourth-order valence-electron chi connectivity index (χ4n) is 0.868. The molecule has 0 saturated carbocycles. The van der Waals surface area contributed by atoms with Crippen LogP contribution < -0.4 is 5.63 Å². The third-order valence-corrected chi connectivity index (χ3v) is 1.65. The van der Waals surface area contributed by atoms with Crippen molar-refractivity contribution in [2.75, 3.05) is 0 Å². The third kappa shape index (κ3) is 2.87. The summed E-state index contributed by atoms with van der Waals surface area (Å²) >= 11 is 0. The van der Waals surface area contributed by atoms with Crippen molar-refractivity contribution in [2.24, 2.45) is 0 Å². The highest BCUT2D eigenvalue weighted by Crippen LogP contribution is 2.17. The van der Waals surface area contributed by atoms with Gasteiger partial charge < -0.3 is 9.52 Å². The van der Waals surface area contributed by atoms with Gasteiger partial charge in [-0.15, -0.1) is 10.2 Å². The average molecular weight is 212 g/mol. The molecule has 0 unspecified atom stereocenters. The quantitative estimate of drug-likeness (QED) is 0.760. The summed E-state index contributed by atoms with van der Waals surface area (Å²) in [4.78, 5) is 21.6. The van der Waals surface area contributed by atoms with E-state index >= 15 is 0 Å². The number of rotatable bonds is 2. The molecule has 0 amide bonds. The van der Waals surface area contributed by atoms with Crippen LogP contribution in [0.15, 0.2) is 9.21 Å². The number of carbonyl (C=O) groups is 1. The lowest BCUT2D eigenvalue weighted by atomic mass is 9.97. The molecule has 0 aliphatic rings. The zero-order valence-electron chi connectivity index (χ0n) is 8.77. The molecule has 6 heteroatoms. The van der Waals surface area contributed by atoms with Crippen molar-refractivity contribution in [1.82, 2.24) is 10.2 Å². The van der Waals surface area contributed by atoms with E-state index in [4.69, 9.17) is 9.52 Å². The van der Waals surface area contributed by atoms with Crippen molar-refractivity contribution in [2.45, 2.75) is 32.6 Å². The molecule has 0 aliphatic carbocycles. The highest BCUT2D eigenvalue weighted by atomic mass is 16.4. The van der Waals surface area contributed by atoms with Crippen LogP contribution in [0.25, 0.3) is 0 Å². The Labute approximate surface area is 86.0 Å². The van der Waals surface area contributed by atoms with E-state index in [1.54, 1.807) is 0 Å². The maximum absolute atomic E-state index is 11.3. The van der Waals surface area contributed by atoms with E-state index in [1.807, 2.05) is 20.8 Å². The van der Waals surface area contributed by atoms with Crippen LogP contribution in [0.1, 0.15) is 32.4 Å². The van der Waals surface area contributed by atoms with Gasteiger partial charge in [-0.05, 0) is 0 Å². The van der Waals surface area contributed by atoms with E-state index < -0.39 is 23.4 Å². The second-order valence-corrected chi connectivity index (χ2v) is 4.16. The van der Waals surface area contributed by atoms with Gasteiger partial charge in [0.15, 0.2) is 5.69 Å². The van der Waals surface area contributed by atoms with Gasteiger partial charge in [0.25, 0.3) is 0 Å². The Hall–Kier alpha value is -1.72. The number of carboxylic acids is 1.